The van der Waals surface area contributed by atoms with E-state index in [4.69, 9.17) is 14.2 Å². The fraction of sp³-hybridized carbons (Fsp3) is 0.882. The summed E-state index contributed by atoms with van der Waals surface area (Å²) in [6, 6.07) is 0. The van der Waals surface area contributed by atoms with Crippen LogP contribution in [0.4, 0.5) is 0 Å². The molecular formula is C17H33N5O4S. The van der Waals surface area contributed by atoms with Crippen LogP contribution in [0.5, 0.6) is 0 Å². The summed E-state index contributed by atoms with van der Waals surface area (Å²) in [7, 11) is 1.17. The summed E-state index contributed by atoms with van der Waals surface area (Å²) in [5, 5.41) is 11.8. The Morgan fingerprint density at radius 1 is 1.11 bits per heavy atom. The van der Waals surface area contributed by atoms with Crippen LogP contribution in [0.1, 0.15) is 11.4 Å². The van der Waals surface area contributed by atoms with Gasteiger partial charge in [-0.3, -0.25) is 9.11 Å². The van der Waals surface area contributed by atoms with Gasteiger partial charge in [-0.15, -0.1) is 5.10 Å². The van der Waals surface area contributed by atoms with Crippen LogP contribution >= 0.6 is 0 Å². The van der Waals surface area contributed by atoms with Gasteiger partial charge in [0.05, 0.1) is 62.8 Å². The van der Waals surface area contributed by atoms with Gasteiger partial charge in [0, 0.05) is 43.2 Å². The van der Waals surface area contributed by atoms with Gasteiger partial charge in [0.15, 0.2) is 0 Å². The normalized spacial score (nSPS) is 16.6. The second-order valence-corrected chi connectivity index (χ2v) is 8.26. The highest BCUT2D eigenvalue weighted by Gasteiger charge is 2.30. The average molecular weight is 404 g/mol. The van der Waals surface area contributed by atoms with Crippen molar-refractivity contribution in [3.8, 4) is 0 Å². The zero-order valence-electron chi connectivity index (χ0n) is 16.7. The second-order valence-electron chi connectivity index (χ2n) is 6.60. The third kappa shape index (κ3) is 7.92. The molecule has 2 rings (SSSR count). The topological polar surface area (TPSA) is 90.7 Å². The van der Waals surface area contributed by atoms with E-state index in [1.807, 2.05) is 18.7 Å². The lowest BCUT2D eigenvalue weighted by Gasteiger charge is -2.37. The van der Waals surface area contributed by atoms with Crippen LogP contribution in [-0.4, -0.2) is 102 Å². The summed E-state index contributed by atoms with van der Waals surface area (Å²) in [6.07, 6.45) is 1.77. The first kappa shape index (κ1) is 22.4. The SMILES string of the molecule is CNCCOCCOCCOCCn1nnc(CN2CC(S(C)=O)C2)c1C. The maximum atomic E-state index is 11.4. The lowest BCUT2D eigenvalue weighted by molar-refractivity contribution is 0.0134. The maximum Gasteiger partial charge on any atom is 0.0996 e. The van der Waals surface area contributed by atoms with Gasteiger partial charge in [0.1, 0.15) is 0 Å². The van der Waals surface area contributed by atoms with E-state index in [9.17, 15) is 4.21 Å². The van der Waals surface area contributed by atoms with Gasteiger partial charge in [0.2, 0.25) is 0 Å². The molecule has 1 aliphatic heterocycles. The molecule has 10 heteroatoms. The fourth-order valence-corrected chi connectivity index (χ4v) is 3.54. The molecular weight excluding hydrogens is 370 g/mol. The lowest BCUT2D eigenvalue weighted by atomic mass is 10.2. The highest BCUT2D eigenvalue weighted by atomic mass is 32.2. The summed E-state index contributed by atoms with van der Waals surface area (Å²) >= 11 is 0. The fourth-order valence-electron chi connectivity index (χ4n) is 2.70. The summed E-state index contributed by atoms with van der Waals surface area (Å²) in [5.41, 5.74) is 2.05. The number of aromatic nitrogens is 3. The van der Waals surface area contributed by atoms with Crippen LogP contribution in [-0.2, 0) is 38.1 Å². The Morgan fingerprint density at radius 2 is 1.74 bits per heavy atom. The van der Waals surface area contributed by atoms with E-state index in [-0.39, 0.29) is 0 Å². The summed E-state index contributed by atoms with van der Waals surface area (Å²) in [6.45, 7) is 9.66. The zero-order chi connectivity index (χ0) is 19.5. The Hall–Kier alpha value is -0.910. The Bertz CT molecular complexity index is 566. The van der Waals surface area contributed by atoms with Crippen molar-refractivity contribution in [3.63, 3.8) is 0 Å². The molecule has 9 nitrogen and oxygen atoms in total. The van der Waals surface area contributed by atoms with Gasteiger partial charge in [-0.25, -0.2) is 4.68 Å². The van der Waals surface area contributed by atoms with Gasteiger partial charge in [-0.05, 0) is 14.0 Å². The van der Waals surface area contributed by atoms with Crippen molar-refractivity contribution in [2.75, 3.05) is 72.6 Å². The monoisotopic (exact) mass is 403 g/mol. The van der Waals surface area contributed by atoms with E-state index in [1.165, 1.54) is 0 Å². The Kier molecular flexibility index (Phi) is 10.4. The largest absolute Gasteiger partial charge is 0.378 e. The molecule has 1 aliphatic rings. The smallest absolute Gasteiger partial charge is 0.0996 e. The van der Waals surface area contributed by atoms with Crippen LogP contribution in [0.25, 0.3) is 0 Å². The molecule has 2 heterocycles. The van der Waals surface area contributed by atoms with Gasteiger partial charge in [-0.2, -0.15) is 0 Å². The van der Waals surface area contributed by atoms with Crippen molar-refractivity contribution in [1.82, 2.24) is 25.2 Å². The molecule has 1 atom stereocenters. The van der Waals surface area contributed by atoms with Crippen molar-refractivity contribution in [2.24, 2.45) is 0 Å². The van der Waals surface area contributed by atoms with Gasteiger partial charge in [0.25, 0.3) is 0 Å². The number of nitrogens with zero attached hydrogens (tertiary/aromatic N) is 4. The van der Waals surface area contributed by atoms with E-state index in [1.54, 1.807) is 6.26 Å². The molecule has 0 spiro atoms. The number of likely N-dealkylation sites (N-methyl/N-ethyl adjacent to an activating group) is 1. The van der Waals surface area contributed by atoms with Crippen molar-refractivity contribution in [1.29, 1.82) is 0 Å². The molecule has 1 fully saturated rings. The molecule has 0 radical (unpaired) electrons. The molecule has 1 N–H and O–H groups in total. The Balaban J connectivity index is 1.50. The predicted molar refractivity (Wildman–Crippen MR) is 104 cm³/mol. The molecule has 1 saturated heterocycles. The molecule has 1 unspecified atom stereocenters. The zero-order valence-corrected chi connectivity index (χ0v) is 17.5. The van der Waals surface area contributed by atoms with E-state index >= 15 is 0 Å². The van der Waals surface area contributed by atoms with Crippen molar-refractivity contribution >= 4 is 10.8 Å². The first-order valence-electron chi connectivity index (χ1n) is 9.43. The highest BCUT2D eigenvalue weighted by molar-refractivity contribution is 7.85. The molecule has 27 heavy (non-hydrogen) atoms. The van der Waals surface area contributed by atoms with Gasteiger partial charge < -0.3 is 19.5 Å². The number of rotatable bonds is 15. The van der Waals surface area contributed by atoms with E-state index < -0.39 is 10.8 Å². The summed E-state index contributed by atoms with van der Waals surface area (Å²) in [4.78, 5) is 2.25. The van der Waals surface area contributed by atoms with Crippen molar-refractivity contribution < 1.29 is 18.4 Å². The quantitative estimate of drug-likeness (QED) is 0.389. The van der Waals surface area contributed by atoms with Crippen LogP contribution in [0.2, 0.25) is 0 Å². The minimum Gasteiger partial charge on any atom is -0.378 e. The van der Waals surface area contributed by atoms with Crippen molar-refractivity contribution in [2.45, 2.75) is 25.3 Å². The minimum atomic E-state index is -0.733. The lowest BCUT2D eigenvalue weighted by Crippen LogP contribution is -2.52. The molecule has 1 aromatic heterocycles. The number of ether oxygens (including phenoxy) is 3. The number of nitrogens with one attached hydrogen (secondary N) is 1. The number of hydrogen-bond acceptors (Lipinski definition) is 8. The molecule has 0 bridgehead atoms. The van der Waals surface area contributed by atoms with Crippen LogP contribution in [0.3, 0.4) is 0 Å². The highest BCUT2D eigenvalue weighted by Crippen LogP contribution is 2.17. The molecule has 0 saturated carbocycles. The molecule has 1 aromatic rings. The first-order valence-corrected chi connectivity index (χ1v) is 11.0. The Labute approximate surface area is 164 Å². The second kappa shape index (κ2) is 12.5. The van der Waals surface area contributed by atoms with E-state index in [0.717, 1.165) is 37.6 Å². The first-order chi connectivity index (χ1) is 13.1. The van der Waals surface area contributed by atoms with E-state index in [2.05, 4.69) is 20.5 Å². The minimum absolute atomic E-state index is 0.302. The summed E-state index contributed by atoms with van der Waals surface area (Å²) in [5.74, 6) is 0. The van der Waals surface area contributed by atoms with Crippen LogP contribution in [0, 0.1) is 6.92 Å². The van der Waals surface area contributed by atoms with Gasteiger partial charge in [-0.1, -0.05) is 5.21 Å². The standard InChI is InChI=1S/C17H33N5O4S/c1-15-17(14-21-12-16(13-21)27(3)23)19-20-22(15)5-7-25-9-11-26-10-8-24-6-4-18-2/h16,18H,4-14H2,1-3H3. The number of likely N-dealkylation sites (tertiary alicyclic amines) is 1. The molecule has 0 aliphatic carbocycles. The van der Waals surface area contributed by atoms with E-state index in [0.29, 0.717) is 51.4 Å². The molecule has 0 aromatic carbocycles. The van der Waals surface area contributed by atoms with Crippen LogP contribution in [0.15, 0.2) is 0 Å². The predicted octanol–water partition coefficient (Wildman–Crippen LogP) is -0.582. The van der Waals surface area contributed by atoms with Crippen LogP contribution < -0.4 is 5.32 Å². The van der Waals surface area contributed by atoms with Crippen molar-refractivity contribution in [3.05, 3.63) is 11.4 Å². The average Bonchev–Trinajstić information content (AvgIpc) is 2.95. The molecule has 156 valence electrons. The third-order valence-corrected chi connectivity index (χ3v) is 5.77. The maximum absolute atomic E-state index is 11.4. The Morgan fingerprint density at radius 3 is 2.37 bits per heavy atom. The number of hydrogen-bond donors (Lipinski definition) is 1. The summed E-state index contributed by atoms with van der Waals surface area (Å²) < 4.78 is 29.7. The van der Waals surface area contributed by atoms with Gasteiger partial charge >= 0.3 is 0 Å². The third-order valence-electron chi connectivity index (χ3n) is 4.53. The molecule has 0 amide bonds.